The van der Waals surface area contributed by atoms with Crippen LogP contribution < -0.4 is 9.47 Å². The van der Waals surface area contributed by atoms with Crippen molar-refractivity contribution < 1.29 is 43.1 Å². The standard InChI is InChI=1S/C29H39NO9/c1-5-6-11-30-12-9-19-14-22-23(38-18-37-22)15-20(19)26-21(30)16-24(35-3)27(26)39-28(32)29(33,17-25(31)36-4)10-7-8-13-34-2/h7-8,14-16,21,26-27,33H,5-6,9-13,17-18H2,1-4H3/b8-7+/t21-,26-,27+,29+/m0/s1. The third-order valence-electron chi connectivity index (χ3n) is 7.59. The molecule has 1 aliphatic carbocycles. The van der Waals surface area contributed by atoms with Gasteiger partial charge in [0.15, 0.2) is 23.2 Å². The van der Waals surface area contributed by atoms with E-state index in [4.69, 9.17) is 28.4 Å². The summed E-state index contributed by atoms with van der Waals surface area (Å²) in [5.41, 5.74) is -0.0493. The number of methoxy groups -OCH3 is 3. The highest BCUT2D eigenvalue weighted by Gasteiger charge is 2.49. The molecular weight excluding hydrogens is 506 g/mol. The number of ether oxygens (including phenoxy) is 6. The van der Waals surface area contributed by atoms with Crippen molar-refractivity contribution in [3.8, 4) is 11.5 Å². The van der Waals surface area contributed by atoms with E-state index in [-0.39, 0.29) is 25.2 Å². The zero-order chi connectivity index (χ0) is 28.0. The molecule has 0 unspecified atom stereocenters. The Morgan fingerprint density at radius 2 is 1.95 bits per heavy atom. The minimum absolute atomic E-state index is 0.0961. The topological polar surface area (TPSA) is 113 Å². The van der Waals surface area contributed by atoms with Gasteiger partial charge in [-0.2, -0.15) is 0 Å². The molecule has 0 spiro atoms. The molecule has 0 aromatic heterocycles. The van der Waals surface area contributed by atoms with Crippen molar-refractivity contribution >= 4 is 11.9 Å². The fraction of sp³-hybridized carbons (Fsp3) is 0.586. The molecule has 4 rings (SSSR count). The van der Waals surface area contributed by atoms with Gasteiger partial charge in [0.25, 0.3) is 0 Å². The summed E-state index contributed by atoms with van der Waals surface area (Å²) in [7, 11) is 4.29. The number of hydrogen-bond acceptors (Lipinski definition) is 10. The molecule has 1 aromatic carbocycles. The lowest BCUT2D eigenvalue weighted by Gasteiger charge is -2.33. The number of nitrogens with zero attached hydrogens (tertiary/aromatic N) is 1. The molecule has 1 N–H and O–H groups in total. The third kappa shape index (κ3) is 6.23. The number of rotatable bonds is 12. The highest BCUT2D eigenvalue weighted by Crippen LogP contribution is 2.47. The van der Waals surface area contributed by atoms with Crippen molar-refractivity contribution in [3.63, 3.8) is 0 Å². The largest absolute Gasteiger partial charge is 0.497 e. The predicted octanol–water partition coefficient (Wildman–Crippen LogP) is 2.87. The van der Waals surface area contributed by atoms with Gasteiger partial charge in [-0.1, -0.05) is 25.5 Å². The van der Waals surface area contributed by atoms with Crippen LogP contribution in [0.3, 0.4) is 0 Å². The first kappa shape index (κ1) is 28.9. The van der Waals surface area contributed by atoms with Gasteiger partial charge < -0.3 is 33.5 Å². The molecule has 3 aliphatic rings. The normalized spacial score (nSPS) is 23.4. The molecule has 2 aliphatic heterocycles. The van der Waals surface area contributed by atoms with E-state index >= 15 is 0 Å². The van der Waals surface area contributed by atoms with Crippen LogP contribution in [-0.2, 0) is 35.0 Å². The number of fused-ring (bicyclic) bond motifs is 4. The molecule has 0 amide bonds. The summed E-state index contributed by atoms with van der Waals surface area (Å²) in [6.45, 7) is 4.31. The Kier molecular flexibility index (Phi) is 9.53. The zero-order valence-corrected chi connectivity index (χ0v) is 23.1. The molecule has 0 radical (unpaired) electrons. The molecule has 10 heteroatoms. The van der Waals surface area contributed by atoms with E-state index in [1.165, 1.54) is 14.2 Å². The summed E-state index contributed by atoms with van der Waals surface area (Å²) >= 11 is 0. The van der Waals surface area contributed by atoms with Gasteiger partial charge in [-0.05, 0) is 48.7 Å². The second-order valence-electron chi connectivity index (χ2n) is 10.1. The van der Waals surface area contributed by atoms with Gasteiger partial charge in [0.05, 0.1) is 27.2 Å². The molecular formula is C29H39NO9. The molecule has 0 bridgehead atoms. The number of carbonyl (C=O) groups is 2. The van der Waals surface area contributed by atoms with Crippen LogP contribution in [0.25, 0.3) is 0 Å². The molecule has 0 saturated heterocycles. The van der Waals surface area contributed by atoms with Crippen LogP contribution in [0.2, 0.25) is 0 Å². The molecule has 0 fully saturated rings. The maximum absolute atomic E-state index is 13.6. The molecule has 39 heavy (non-hydrogen) atoms. The van der Waals surface area contributed by atoms with Crippen molar-refractivity contribution in [1.29, 1.82) is 0 Å². The first-order valence-electron chi connectivity index (χ1n) is 13.4. The van der Waals surface area contributed by atoms with Crippen molar-refractivity contribution in [2.24, 2.45) is 0 Å². The van der Waals surface area contributed by atoms with Gasteiger partial charge in [-0.25, -0.2) is 4.79 Å². The minimum atomic E-state index is -2.13. The summed E-state index contributed by atoms with van der Waals surface area (Å²) < 4.78 is 32.9. The van der Waals surface area contributed by atoms with Gasteiger partial charge >= 0.3 is 11.9 Å². The van der Waals surface area contributed by atoms with E-state index in [9.17, 15) is 14.7 Å². The Morgan fingerprint density at radius 3 is 2.64 bits per heavy atom. The van der Waals surface area contributed by atoms with Gasteiger partial charge in [-0.3, -0.25) is 9.69 Å². The Labute approximate surface area is 229 Å². The van der Waals surface area contributed by atoms with Crippen LogP contribution in [-0.4, -0.2) is 87.5 Å². The van der Waals surface area contributed by atoms with Crippen LogP contribution in [0, 0.1) is 0 Å². The van der Waals surface area contributed by atoms with E-state index in [1.807, 2.05) is 18.2 Å². The van der Waals surface area contributed by atoms with Crippen LogP contribution >= 0.6 is 0 Å². The van der Waals surface area contributed by atoms with Crippen LogP contribution in [0.1, 0.15) is 49.7 Å². The van der Waals surface area contributed by atoms with Gasteiger partial charge in [-0.15, -0.1) is 0 Å². The lowest BCUT2D eigenvalue weighted by molar-refractivity contribution is -0.176. The average molecular weight is 546 g/mol. The number of hydrogen-bond donors (Lipinski definition) is 1. The first-order valence-corrected chi connectivity index (χ1v) is 13.4. The fourth-order valence-corrected chi connectivity index (χ4v) is 5.49. The van der Waals surface area contributed by atoms with E-state index in [1.54, 1.807) is 19.3 Å². The second kappa shape index (κ2) is 12.8. The maximum Gasteiger partial charge on any atom is 0.339 e. The molecule has 0 saturated carbocycles. The smallest absolute Gasteiger partial charge is 0.339 e. The van der Waals surface area contributed by atoms with Crippen molar-refractivity contribution in [2.75, 3.05) is 47.8 Å². The van der Waals surface area contributed by atoms with Gasteiger partial charge in [0, 0.05) is 32.0 Å². The Morgan fingerprint density at radius 1 is 1.18 bits per heavy atom. The average Bonchev–Trinajstić information content (AvgIpc) is 3.50. The number of carbonyl (C=O) groups excluding carboxylic acids is 2. The summed E-state index contributed by atoms with van der Waals surface area (Å²) in [4.78, 5) is 28.2. The Balaban J connectivity index is 1.69. The van der Waals surface area contributed by atoms with E-state index in [0.717, 1.165) is 43.5 Å². The maximum atomic E-state index is 13.6. The third-order valence-corrected chi connectivity index (χ3v) is 7.59. The number of esters is 2. The SMILES string of the molecule is CCCCN1CCc2cc3c(cc2[C@@H]2[C@H](OC(=O)[C@@](O)(C/C=C/COC)CC(=O)OC)C(OC)=C[C@@H]21)OCO3. The summed E-state index contributed by atoms with van der Waals surface area (Å²) in [5.74, 6) is -0.0975. The van der Waals surface area contributed by atoms with Crippen LogP contribution in [0.15, 0.2) is 36.1 Å². The van der Waals surface area contributed by atoms with E-state index < -0.39 is 30.1 Å². The van der Waals surface area contributed by atoms with Crippen LogP contribution in [0.5, 0.6) is 11.5 Å². The van der Waals surface area contributed by atoms with Crippen molar-refractivity contribution in [3.05, 3.63) is 47.2 Å². The molecule has 2 heterocycles. The fourth-order valence-electron chi connectivity index (χ4n) is 5.49. The predicted molar refractivity (Wildman–Crippen MR) is 141 cm³/mol. The Bertz CT molecular complexity index is 1100. The highest BCUT2D eigenvalue weighted by atomic mass is 16.7. The summed E-state index contributed by atoms with van der Waals surface area (Å²) in [6.07, 6.45) is 6.62. The lowest BCUT2D eigenvalue weighted by Crippen LogP contribution is -2.46. The van der Waals surface area contributed by atoms with Gasteiger partial charge in [0.2, 0.25) is 6.79 Å². The second-order valence-corrected chi connectivity index (χ2v) is 10.1. The first-order chi connectivity index (χ1) is 18.8. The molecule has 4 atom stereocenters. The minimum Gasteiger partial charge on any atom is -0.497 e. The summed E-state index contributed by atoms with van der Waals surface area (Å²) in [6, 6.07) is 3.89. The zero-order valence-electron chi connectivity index (χ0n) is 23.1. The van der Waals surface area contributed by atoms with E-state index in [2.05, 4.69) is 11.8 Å². The monoisotopic (exact) mass is 545 g/mol. The molecule has 214 valence electrons. The highest BCUT2D eigenvalue weighted by molar-refractivity contribution is 5.86. The van der Waals surface area contributed by atoms with Crippen LogP contribution in [0.4, 0.5) is 0 Å². The van der Waals surface area contributed by atoms with Crippen molar-refractivity contribution in [1.82, 2.24) is 4.90 Å². The Hall–Kier alpha value is -3.08. The van der Waals surface area contributed by atoms with E-state index in [0.29, 0.717) is 23.9 Å². The molecule has 10 nitrogen and oxygen atoms in total. The summed E-state index contributed by atoms with van der Waals surface area (Å²) in [5, 5.41) is 11.4. The quantitative estimate of drug-likeness (QED) is 0.311. The number of unbranched alkanes of at least 4 members (excludes halogenated alkanes) is 1. The lowest BCUT2D eigenvalue weighted by atomic mass is 9.87. The van der Waals surface area contributed by atoms with Gasteiger partial charge in [0.1, 0.15) is 5.76 Å². The number of aliphatic hydroxyl groups is 1. The van der Waals surface area contributed by atoms with Crippen molar-refractivity contribution in [2.45, 2.75) is 62.7 Å². The number of benzene rings is 1. The molecule has 1 aromatic rings.